The van der Waals surface area contributed by atoms with Crippen LogP contribution in [0.15, 0.2) is 42.5 Å². The first-order valence-corrected chi connectivity index (χ1v) is 5.72. The normalized spacial score (nSPS) is 11.2. The number of anilines is 1. The van der Waals surface area contributed by atoms with Crippen molar-refractivity contribution in [2.45, 2.75) is 6.18 Å². The molecule has 0 spiro atoms. The molecule has 2 aromatic rings. The van der Waals surface area contributed by atoms with Crippen LogP contribution in [0, 0.1) is 5.82 Å². The van der Waals surface area contributed by atoms with Gasteiger partial charge in [0.15, 0.2) is 11.6 Å². The Hall–Kier alpha value is -2.24. The molecule has 6 heteroatoms. The van der Waals surface area contributed by atoms with E-state index < -0.39 is 17.6 Å². The van der Waals surface area contributed by atoms with E-state index in [1.54, 1.807) is 31.3 Å². The Bertz CT molecular complexity index is 593. The molecule has 20 heavy (non-hydrogen) atoms. The minimum atomic E-state index is -4.58. The topological polar surface area (TPSA) is 21.3 Å². The van der Waals surface area contributed by atoms with Gasteiger partial charge >= 0.3 is 6.18 Å². The van der Waals surface area contributed by atoms with E-state index in [0.29, 0.717) is 11.8 Å². The van der Waals surface area contributed by atoms with E-state index in [1.807, 2.05) is 0 Å². The van der Waals surface area contributed by atoms with Crippen LogP contribution in [0.5, 0.6) is 11.5 Å². The fourth-order valence-corrected chi connectivity index (χ4v) is 1.58. The molecule has 0 radical (unpaired) electrons. The average molecular weight is 285 g/mol. The average Bonchev–Trinajstić information content (AvgIpc) is 2.41. The second kappa shape index (κ2) is 5.40. The summed E-state index contributed by atoms with van der Waals surface area (Å²) in [5.74, 6) is -0.976. The largest absolute Gasteiger partial charge is 0.454 e. The van der Waals surface area contributed by atoms with Crippen LogP contribution in [0.3, 0.4) is 0 Å². The van der Waals surface area contributed by atoms with Crippen LogP contribution in [0.4, 0.5) is 23.2 Å². The quantitative estimate of drug-likeness (QED) is 0.827. The lowest BCUT2D eigenvalue weighted by Gasteiger charge is -2.10. The minimum Gasteiger partial charge on any atom is -0.454 e. The smallest absolute Gasteiger partial charge is 0.416 e. The van der Waals surface area contributed by atoms with E-state index in [2.05, 4.69) is 5.32 Å². The number of rotatable bonds is 3. The first kappa shape index (κ1) is 14.2. The Morgan fingerprint density at radius 3 is 2.15 bits per heavy atom. The summed E-state index contributed by atoms with van der Waals surface area (Å²) < 4.78 is 56.0. The number of hydrogen-bond donors (Lipinski definition) is 1. The zero-order valence-electron chi connectivity index (χ0n) is 10.5. The van der Waals surface area contributed by atoms with Crippen LogP contribution in [-0.2, 0) is 6.18 Å². The van der Waals surface area contributed by atoms with Crippen molar-refractivity contribution in [3.8, 4) is 11.5 Å². The zero-order valence-corrected chi connectivity index (χ0v) is 10.5. The lowest BCUT2D eigenvalue weighted by molar-refractivity contribution is -0.137. The van der Waals surface area contributed by atoms with Gasteiger partial charge in [-0.05, 0) is 42.5 Å². The standard InChI is InChI=1S/C14H11F4NO/c1-19-10-3-5-11(6-4-10)20-13-7-2-9(8-12(13)15)14(16,17)18/h2-8,19H,1H3. The second-order valence-corrected chi connectivity index (χ2v) is 4.02. The van der Waals surface area contributed by atoms with Crippen molar-refractivity contribution in [3.63, 3.8) is 0 Å². The second-order valence-electron chi connectivity index (χ2n) is 4.02. The summed E-state index contributed by atoms with van der Waals surface area (Å²) in [7, 11) is 1.74. The van der Waals surface area contributed by atoms with Crippen LogP contribution in [-0.4, -0.2) is 7.05 Å². The highest BCUT2D eigenvalue weighted by Crippen LogP contribution is 2.33. The van der Waals surface area contributed by atoms with Crippen molar-refractivity contribution >= 4 is 5.69 Å². The van der Waals surface area contributed by atoms with Gasteiger partial charge in [-0.1, -0.05) is 0 Å². The molecular formula is C14H11F4NO. The van der Waals surface area contributed by atoms with Gasteiger partial charge in [-0.25, -0.2) is 4.39 Å². The summed E-state index contributed by atoms with van der Waals surface area (Å²) >= 11 is 0. The molecule has 106 valence electrons. The van der Waals surface area contributed by atoms with Crippen LogP contribution in [0.25, 0.3) is 0 Å². The van der Waals surface area contributed by atoms with Crippen molar-refractivity contribution in [2.24, 2.45) is 0 Å². The Morgan fingerprint density at radius 2 is 1.65 bits per heavy atom. The molecule has 2 nitrogen and oxygen atoms in total. The van der Waals surface area contributed by atoms with Crippen LogP contribution in [0.2, 0.25) is 0 Å². The predicted octanol–water partition coefficient (Wildman–Crippen LogP) is 4.68. The summed E-state index contributed by atoms with van der Waals surface area (Å²) in [6, 6.07) is 8.74. The molecule has 0 atom stereocenters. The molecular weight excluding hydrogens is 274 g/mol. The summed E-state index contributed by atoms with van der Waals surface area (Å²) in [5, 5.41) is 2.90. The van der Waals surface area contributed by atoms with Gasteiger partial charge in [0.25, 0.3) is 0 Å². The lowest BCUT2D eigenvalue weighted by Crippen LogP contribution is -2.05. The first-order chi connectivity index (χ1) is 9.40. The van der Waals surface area contributed by atoms with E-state index in [-0.39, 0.29) is 5.75 Å². The third kappa shape index (κ3) is 3.20. The van der Waals surface area contributed by atoms with E-state index in [0.717, 1.165) is 17.8 Å². The molecule has 0 saturated heterocycles. The van der Waals surface area contributed by atoms with Gasteiger partial charge < -0.3 is 10.1 Å². The molecule has 2 rings (SSSR count). The van der Waals surface area contributed by atoms with E-state index >= 15 is 0 Å². The van der Waals surface area contributed by atoms with Crippen molar-refractivity contribution in [1.82, 2.24) is 0 Å². The molecule has 0 heterocycles. The molecule has 0 aliphatic rings. The third-order valence-electron chi connectivity index (χ3n) is 2.63. The number of hydrogen-bond acceptors (Lipinski definition) is 2. The SMILES string of the molecule is CNc1ccc(Oc2ccc(C(F)(F)F)cc2F)cc1. The number of ether oxygens (including phenoxy) is 1. The molecule has 1 N–H and O–H groups in total. The molecule has 2 aromatic carbocycles. The van der Waals surface area contributed by atoms with Gasteiger partial charge in [-0.15, -0.1) is 0 Å². The van der Waals surface area contributed by atoms with E-state index in [9.17, 15) is 17.6 Å². The fourth-order valence-electron chi connectivity index (χ4n) is 1.58. The summed E-state index contributed by atoms with van der Waals surface area (Å²) in [6.07, 6.45) is -4.58. The summed E-state index contributed by atoms with van der Waals surface area (Å²) in [5.41, 5.74) is -0.210. The Labute approximate surface area is 113 Å². The highest BCUT2D eigenvalue weighted by atomic mass is 19.4. The maximum Gasteiger partial charge on any atom is 0.416 e. The van der Waals surface area contributed by atoms with Gasteiger partial charge in [-0.2, -0.15) is 13.2 Å². The Kier molecular flexibility index (Phi) is 3.83. The first-order valence-electron chi connectivity index (χ1n) is 5.72. The van der Waals surface area contributed by atoms with Gasteiger partial charge in [0, 0.05) is 12.7 Å². The zero-order chi connectivity index (χ0) is 14.8. The fraction of sp³-hybridized carbons (Fsp3) is 0.143. The summed E-state index contributed by atoms with van der Waals surface area (Å²) in [4.78, 5) is 0. The molecule has 0 unspecified atom stereocenters. The van der Waals surface area contributed by atoms with Crippen molar-refractivity contribution in [1.29, 1.82) is 0 Å². The van der Waals surface area contributed by atoms with Crippen molar-refractivity contribution < 1.29 is 22.3 Å². The highest BCUT2D eigenvalue weighted by molar-refractivity contribution is 5.46. The van der Waals surface area contributed by atoms with Gasteiger partial charge in [0.1, 0.15) is 5.75 Å². The maximum atomic E-state index is 13.6. The molecule has 0 aromatic heterocycles. The van der Waals surface area contributed by atoms with Crippen LogP contribution in [0.1, 0.15) is 5.56 Å². The molecule has 0 fully saturated rings. The maximum absolute atomic E-state index is 13.6. The molecule has 0 amide bonds. The summed E-state index contributed by atoms with van der Waals surface area (Å²) in [6.45, 7) is 0. The van der Waals surface area contributed by atoms with Gasteiger partial charge in [0.05, 0.1) is 5.56 Å². The van der Waals surface area contributed by atoms with Crippen LogP contribution >= 0.6 is 0 Å². The monoisotopic (exact) mass is 285 g/mol. The van der Waals surface area contributed by atoms with E-state index in [4.69, 9.17) is 4.74 Å². The predicted molar refractivity (Wildman–Crippen MR) is 67.5 cm³/mol. The van der Waals surface area contributed by atoms with Crippen molar-refractivity contribution in [3.05, 3.63) is 53.8 Å². The Morgan fingerprint density at radius 1 is 1.00 bits per heavy atom. The Balaban J connectivity index is 2.21. The molecule has 0 aliphatic heterocycles. The molecule has 0 saturated carbocycles. The number of benzene rings is 2. The molecule has 0 aliphatic carbocycles. The number of alkyl halides is 3. The van der Waals surface area contributed by atoms with Crippen molar-refractivity contribution in [2.75, 3.05) is 12.4 Å². The van der Waals surface area contributed by atoms with Gasteiger partial charge in [0.2, 0.25) is 0 Å². The minimum absolute atomic E-state index is 0.254. The van der Waals surface area contributed by atoms with E-state index in [1.165, 1.54) is 0 Å². The molecule has 0 bridgehead atoms. The third-order valence-corrected chi connectivity index (χ3v) is 2.63. The van der Waals surface area contributed by atoms with Crippen LogP contribution < -0.4 is 10.1 Å². The number of halogens is 4. The lowest BCUT2D eigenvalue weighted by atomic mass is 10.2. The van der Waals surface area contributed by atoms with Gasteiger partial charge in [-0.3, -0.25) is 0 Å². The number of nitrogens with one attached hydrogen (secondary N) is 1. The highest BCUT2D eigenvalue weighted by Gasteiger charge is 2.31.